The Morgan fingerprint density at radius 2 is 1.38 bits per heavy atom. The number of fused-ring (bicyclic) bond motifs is 1. The van der Waals surface area contributed by atoms with E-state index in [9.17, 15) is 8.78 Å². The van der Waals surface area contributed by atoms with Crippen LogP contribution in [0.15, 0.2) is 54.9 Å². The Labute approximate surface area is 221 Å². The molecule has 2 nitrogen and oxygen atoms in total. The number of nitrogens with zero attached hydrogens (tertiary/aromatic N) is 2. The molecule has 1 aromatic heterocycles. The van der Waals surface area contributed by atoms with E-state index in [1.165, 1.54) is 49.8 Å². The number of rotatable bonds is 12. The lowest BCUT2D eigenvalue weighted by Crippen LogP contribution is -2.00. The zero-order valence-corrected chi connectivity index (χ0v) is 21.9. The summed E-state index contributed by atoms with van der Waals surface area (Å²) >= 11 is 5.55. The molecular weight excluding hydrogens is 493 g/mol. The molecule has 0 amide bonds. The van der Waals surface area contributed by atoms with Crippen LogP contribution in [0.3, 0.4) is 0 Å². The van der Waals surface area contributed by atoms with Crippen LogP contribution < -0.4 is 0 Å². The monoisotopic (exact) mass is 524 g/mol. The summed E-state index contributed by atoms with van der Waals surface area (Å²) in [4.78, 5) is 9.07. The van der Waals surface area contributed by atoms with Crippen molar-refractivity contribution in [1.29, 1.82) is 0 Å². The zero-order valence-electron chi connectivity index (χ0n) is 21.2. The SMILES string of the molecule is CCCCCCCc1cnc(CCc2ccc3c(F)c(CCc4cc(F)c(Cl)c(F)c4)ccc3c2)nc1. The predicted octanol–water partition coefficient (Wildman–Crippen LogP) is 8.78. The number of benzene rings is 3. The van der Waals surface area contributed by atoms with Crippen molar-refractivity contribution in [1.82, 2.24) is 9.97 Å². The van der Waals surface area contributed by atoms with Crippen LogP contribution in [0, 0.1) is 17.5 Å². The average molecular weight is 525 g/mol. The van der Waals surface area contributed by atoms with E-state index >= 15 is 4.39 Å². The lowest BCUT2D eigenvalue weighted by atomic mass is 9.98. The maximum atomic E-state index is 15.2. The molecular formula is C31H32ClF3N2. The van der Waals surface area contributed by atoms with Crippen LogP contribution in [0.4, 0.5) is 13.2 Å². The quantitative estimate of drug-likeness (QED) is 0.137. The minimum Gasteiger partial charge on any atom is -0.241 e. The Hall–Kier alpha value is -2.92. The van der Waals surface area contributed by atoms with Gasteiger partial charge in [0.2, 0.25) is 0 Å². The van der Waals surface area contributed by atoms with Gasteiger partial charge in [0, 0.05) is 24.2 Å². The summed E-state index contributed by atoms with van der Waals surface area (Å²) in [6.07, 6.45) is 13.3. The molecule has 0 aliphatic heterocycles. The summed E-state index contributed by atoms with van der Waals surface area (Å²) in [5, 5.41) is 0.837. The van der Waals surface area contributed by atoms with Crippen molar-refractivity contribution in [3.05, 3.63) is 105 Å². The average Bonchev–Trinajstić information content (AvgIpc) is 2.90. The standard InChI is InChI=1S/C31H32ClF3N2/c1-2-3-4-5-6-7-23-19-36-29(37-20-23)15-10-21-9-14-26-25(16-21)13-12-24(31(26)35)11-8-22-17-27(33)30(32)28(34)18-22/h9,12-14,16-20H,2-8,10-11,15H2,1H3. The van der Waals surface area contributed by atoms with Gasteiger partial charge in [0.25, 0.3) is 0 Å². The highest BCUT2D eigenvalue weighted by Crippen LogP contribution is 2.25. The first-order chi connectivity index (χ1) is 17.9. The van der Waals surface area contributed by atoms with Gasteiger partial charge in [-0.3, -0.25) is 0 Å². The van der Waals surface area contributed by atoms with Crippen molar-refractivity contribution >= 4 is 22.4 Å². The number of aryl methyl sites for hydroxylation is 5. The predicted molar refractivity (Wildman–Crippen MR) is 145 cm³/mol. The van der Waals surface area contributed by atoms with E-state index in [2.05, 4.69) is 16.9 Å². The highest BCUT2D eigenvalue weighted by molar-refractivity contribution is 6.30. The summed E-state index contributed by atoms with van der Waals surface area (Å²) in [6.45, 7) is 2.22. The number of aromatic nitrogens is 2. The molecule has 0 spiro atoms. The van der Waals surface area contributed by atoms with Gasteiger partial charge >= 0.3 is 0 Å². The van der Waals surface area contributed by atoms with Gasteiger partial charge < -0.3 is 0 Å². The second-order valence-corrected chi connectivity index (χ2v) is 10.0. The van der Waals surface area contributed by atoms with Crippen LogP contribution in [-0.2, 0) is 32.1 Å². The second-order valence-electron chi connectivity index (χ2n) is 9.64. The van der Waals surface area contributed by atoms with Crippen LogP contribution in [0.2, 0.25) is 5.02 Å². The fraction of sp³-hybridized carbons (Fsp3) is 0.355. The van der Waals surface area contributed by atoms with Gasteiger partial charge in [0.1, 0.15) is 28.3 Å². The molecule has 6 heteroatoms. The Morgan fingerprint density at radius 3 is 2.11 bits per heavy atom. The normalized spacial score (nSPS) is 11.4. The molecule has 0 radical (unpaired) electrons. The molecule has 0 atom stereocenters. The smallest absolute Gasteiger partial charge is 0.145 e. The van der Waals surface area contributed by atoms with Gasteiger partial charge in [-0.05, 0) is 71.9 Å². The summed E-state index contributed by atoms with van der Waals surface area (Å²) < 4.78 is 42.6. The molecule has 4 rings (SSSR count). The van der Waals surface area contributed by atoms with Crippen LogP contribution in [0.1, 0.15) is 67.1 Å². The first kappa shape index (κ1) is 27.1. The molecule has 194 valence electrons. The van der Waals surface area contributed by atoms with Gasteiger partial charge in [-0.15, -0.1) is 0 Å². The number of unbranched alkanes of at least 4 members (excludes halogenated alkanes) is 4. The number of hydrogen-bond donors (Lipinski definition) is 0. The molecule has 0 saturated heterocycles. The van der Waals surface area contributed by atoms with E-state index in [1.807, 2.05) is 30.6 Å². The van der Waals surface area contributed by atoms with E-state index in [1.54, 1.807) is 12.1 Å². The van der Waals surface area contributed by atoms with Gasteiger partial charge in [-0.25, -0.2) is 23.1 Å². The highest BCUT2D eigenvalue weighted by Gasteiger charge is 2.12. The number of hydrogen-bond acceptors (Lipinski definition) is 2. The zero-order chi connectivity index (χ0) is 26.2. The van der Waals surface area contributed by atoms with Crippen molar-refractivity contribution in [3.63, 3.8) is 0 Å². The van der Waals surface area contributed by atoms with Crippen molar-refractivity contribution in [2.45, 2.75) is 71.1 Å². The van der Waals surface area contributed by atoms with Crippen LogP contribution >= 0.6 is 11.6 Å². The molecule has 0 unspecified atom stereocenters. The van der Waals surface area contributed by atoms with E-state index in [0.717, 1.165) is 36.0 Å². The van der Waals surface area contributed by atoms with E-state index < -0.39 is 16.7 Å². The van der Waals surface area contributed by atoms with Gasteiger partial charge in [0.05, 0.1) is 0 Å². The summed E-state index contributed by atoms with van der Waals surface area (Å²) in [5.41, 5.74) is 3.23. The lowest BCUT2D eigenvalue weighted by Gasteiger charge is -2.09. The minimum atomic E-state index is -0.803. The maximum absolute atomic E-state index is 15.2. The Kier molecular flexibility index (Phi) is 9.56. The second kappa shape index (κ2) is 13.0. The van der Waals surface area contributed by atoms with Crippen molar-refractivity contribution < 1.29 is 13.2 Å². The molecule has 3 aromatic carbocycles. The molecule has 0 aliphatic carbocycles. The largest absolute Gasteiger partial charge is 0.241 e. The first-order valence-electron chi connectivity index (χ1n) is 13.1. The third kappa shape index (κ3) is 7.32. The molecule has 37 heavy (non-hydrogen) atoms. The fourth-order valence-corrected chi connectivity index (χ4v) is 4.70. The molecule has 0 saturated carbocycles. The van der Waals surface area contributed by atoms with Gasteiger partial charge in [-0.1, -0.05) is 74.5 Å². The molecule has 0 aliphatic rings. The van der Waals surface area contributed by atoms with E-state index in [0.29, 0.717) is 29.4 Å². The summed E-state index contributed by atoms with van der Waals surface area (Å²) in [7, 11) is 0. The third-order valence-electron chi connectivity index (χ3n) is 6.79. The molecule has 0 bridgehead atoms. The summed E-state index contributed by atoms with van der Waals surface area (Å²) in [5.74, 6) is -1.09. The Bertz CT molecular complexity index is 1320. The number of halogens is 4. The highest BCUT2D eigenvalue weighted by atomic mass is 35.5. The third-order valence-corrected chi connectivity index (χ3v) is 7.15. The topological polar surface area (TPSA) is 25.8 Å². The molecule has 1 heterocycles. The van der Waals surface area contributed by atoms with Crippen molar-refractivity contribution in [2.75, 3.05) is 0 Å². The minimum absolute atomic E-state index is 0.299. The maximum Gasteiger partial charge on any atom is 0.145 e. The van der Waals surface area contributed by atoms with Gasteiger partial charge in [0.15, 0.2) is 0 Å². The molecule has 0 N–H and O–H groups in total. The van der Waals surface area contributed by atoms with Crippen LogP contribution in [0.25, 0.3) is 10.8 Å². The van der Waals surface area contributed by atoms with Crippen molar-refractivity contribution in [2.24, 2.45) is 0 Å². The lowest BCUT2D eigenvalue weighted by molar-refractivity contribution is 0.579. The first-order valence-corrected chi connectivity index (χ1v) is 13.5. The van der Waals surface area contributed by atoms with E-state index in [4.69, 9.17) is 11.6 Å². The Morgan fingerprint density at radius 1 is 0.676 bits per heavy atom. The Balaban J connectivity index is 1.34. The van der Waals surface area contributed by atoms with Crippen molar-refractivity contribution in [3.8, 4) is 0 Å². The molecule has 4 aromatic rings. The van der Waals surface area contributed by atoms with E-state index in [-0.39, 0.29) is 5.82 Å². The van der Waals surface area contributed by atoms with Gasteiger partial charge in [-0.2, -0.15) is 0 Å². The molecule has 0 fully saturated rings. The summed E-state index contributed by atoms with van der Waals surface area (Å²) in [6, 6.07) is 11.8. The fourth-order valence-electron chi connectivity index (χ4n) is 4.59. The van der Waals surface area contributed by atoms with Crippen LogP contribution in [-0.4, -0.2) is 9.97 Å². The van der Waals surface area contributed by atoms with Crippen LogP contribution in [0.5, 0.6) is 0 Å².